The van der Waals surface area contributed by atoms with E-state index < -0.39 is 0 Å². The Morgan fingerprint density at radius 2 is 2.00 bits per heavy atom. The minimum atomic E-state index is -0.230. The van der Waals surface area contributed by atoms with E-state index in [0.717, 1.165) is 17.7 Å². The van der Waals surface area contributed by atoms with E-state index in [9.17, 15) is 5.21 Å². The van der Waals surface area contributed by atoms with E-state index in [1.54, 1.807) is 0 Å². The zero-order valence-corrected chi connectivity index (χ0v) is 9.78. The molecule has 0 amide bonds. The molecule has 0 radical (unpaired) electrons. The van der Waals surface area contributed by atoms with Crippen molar-refractivity contribution in [2.45, 2.75) is 12.3 Å². The monoisotopic (exact) mass is 223 g/mol. The first-order chi connectivity index (χ1) is 7.18. The summed E-state index contributed by atoms with van der Waals surface area (Å²) in [4.78, 5) is 5.94. The average Bonchev–Trinajstić information content (AvgIpc) is 2.62. The van der Waals surface area contributed by atoms with Crippen LogP contribution >= 0.6 is 7.92 Å². The lowest BCUT2D eigenvalue weighted by atomic mass is 10.1. The molecule has 4 heteroatoms. The van der Waals surface area contributed by atoms with Crippen molar-refractivity contribution in [3.8, 4) is 0 Å². The third-order valence-corrected chi connectivity index (χ3v) is 3.92. The van der Waals surface area contributed by atoms with Gasteiger partial charge in [-0.15, -0.1) is 0 Å². The zero-order valence-electron chi connectivity index (χ0n) is 8.88. The van der Waals surface area contributed by atoms with E-state index in [1.165, 1.54) is 0 Å². The first-order valence-electron chi connectivity index (χ1n) is 4.90. The molecular formula is C11H14NO2P. The fraction of sp³-hybridized carbons (Fsp3) is 0.364. The normalized spacial score (nSPS) is 20.9. The van der Waals surface area contributed by atoms with Crippen LogP contribution in [0.2, 0.25) is 0 Å². The van der Waals surface area contributed by atoms with E-state index in [4.69, 9.17) is 4.84 Å². The van der Waals surface area contributed by atoms with Crippen molar-refractivity contribution < 1.29 is 9.74 Å². The molecule has 1 atom stereocenters. The number of hydrogen-bond donors (Lipinski definition) is 0. The summed E-state index contributed by atoms with van der Waals surface area (Å²) in [5.74, 6) is 0.0766. The highest BCUT2D eigenvalue weighted by molar-refractivity contribution is 7.56. The molecule has 1 aliphatic heterocycles. The van der Waals surface area contributed by atoms with Gasteiger partial charge in [0.2, 0.25) is 0 Å². The molecule has 0 aromatic heterocycles. The van der Waals surface area contributed by atoms with E-state index in [1.807, 2.05) is 30.3 Å². The number of nitrogens with zero attached hydrogens (tertiary/aromatic N) is 1. The molecule has 0 fully saturated rings. The van der Waals surface area contributed by atoms with Crippen LogP contribution in [0.3, 0.4) is 0 Å². The fourth-order valence-corrected chi connectivity index (χ4v) is 2.39. The zero-order chi connectivity index (χ0) is 10.8. The molecule has 1 aromatic rings. The SMILES string of the molecule is CP(C)C1CC(c2ccccc2)=[N+]([O-])O1. The van der Waals surface area contributed by atoms with Crippen molar-refractivity contribution >= 4 is 13.6 Å². The summed E-state index contributed by atoms with van der Waals surface area (Å²) in [5, 5.41) is 11.6. The van der Waals surface area contributed by atoms with Crippen LogP contribution in [0.25, 0.3) is 0 Å². The van der Waals surface area contributed by atoms with Gasteiger partial charge in [-0.2, -0.15) is 0 Å². The highest BCUT2D eigenvalue weighted by atomic mass is 31.1. The molecule has 2 rings (SSSR count). The molecule has 0 spiro atoms. The van der Waals surface area contributed by atoms with Gasteiger partial charge >= 0.3 is 0 Å². The maximum atomic E-state index is 11.6. The number of hydrogen-bond acceptors (Lipinski definition) is 2. The summed E-state index contributed by atoms with van der Waals surface area (Å²) in [6, 6.07) is 9.70. The Kier molecular flexibility index (Phi) is 2.92. The third-order valence-electron chi connectivity index (χ3n) is 2.49. The molecule has 0 aliphatic carbocycles. The maximum absolute atomic E-state index is 11.6. The molecule has 80 valence electrons. The first-order valence-corrected chi connectivity index (χ1v) is 7.20. The van der Waals surface area contributed by atoms with Gasteiger partial charge in [0, 0.05) is 10.5 Å². The smallest absolute Gasteiger partial charge is 0.253 e. The van der Waals surface area contributed by atoms with E-state index in [-0.39, 0.29) is 13.8 Å². The minimum absolute atomic E-state index is 0.0766. The van der Waals surface area contributed by atoms with Gasteiger partial charge in [0.25, 0.3) is 5.71 Å². The summed E-state index contributed by atoms with van der Waals surface area (Å²) in [6.07, 6.45) is 0.728. The third kappa shape index (κ3) is 2.13. The quantitative estimate of drug-likeness (QED) is 0.570. The second-order valence-electron chi connectivity index (χ2n) is 3.80. The molecule has 1 aromatic carbocycles. The van der Waals surface area contributed by atoms with E-state index in [2.05, 4.69) is 13.3 Å². The predicted octanol–water partition coefficient (Wildman–Crippen LogP) is 2.39. The van der Waals surface area contributed by atoms with Crippen LogP contribution in [0.1, 0.15) is 12.0 Å². The van der Waals surface area contributed by atoms with Crippen molar-refractivity contribution in [3.05, 3.63) is 41.1 Å². The van der Waals surface area contributed by atoms with Crippen LogP contribution in [0.5, 0.6) is 0 Å². The van der Waals surface area contributed by atoms with Gasteiger partial charge in [-0.05, 0) is 25.5 Å². The van der Waals surface area contributed by atoms with E-state index >= 15 is 0 Å². The van der Waals surface area contributed by atoms with Gasteiger partial charge < -0.3 is 4.84 Å². The minimum Gasteiger partial charge on any atom is -0.395 e. The molecule has 0 saturated heterocycles. The average molecular weight is 223 g/mol. The lowest BCUT2D eigenvalue weighted by Gasteiger charge is -2.14. The number of rotatable bonds is 2. The van der Waals surface area contributed by atoms with Crippen LogP contribution in [0.4, 0.5) is 0 Å². The molecule has 0 saturated carbocycles. The Morgan fingerprint density at radius 3 is 2.53 bits per heavy atom. The predicted molar refractivity (Wildman–Crippen MR) is 62.4 cm³/mol. The Bertz CT molecular complexity index is 375. The Hall–Kier alpha value is -1.08. The molecule has 3 nitrogen and oxygen atoms in total. The van der Waals surface area contributed by atoms with Crippen LogP contribution in [0.15, 0.2) is 30.3 Å². The van der Waals surface area contributed by atoms with E-state index in [0.29, 0.717) is 4.90 Å². The van der Waals surface area contributed by atoms with Crippen molar-refractivity contribution in [2.75, 3.05) is 13.3 Å². The Balaban J connectivity index is 2.21. The van der Waals surface area contributed by atoms with Crippen LogP contribution < -0.4 is 0 Å². The molecular weight excluding hydrogens is 209 g/mol. The fourth-order valence-electron chi connectivity index (χ4n) is 1.58. The van der Waals surface area contributed by atoms with Gasteiger partial charge in [-0.25, -0.2) is 0 Å². The second kappa shape index (κ2) is 4.19. The first kappa shape index (κ1) is 10.4. The van der Waals surface area contributed by atoms with Crippen molar-refractivity contribution in [1.29, 1.82) is 0 Å². The molecule has 1 unspecified atom stereocenters. The Morgan fingerprint density at radius 1 is 1.33 bits per heavy atom. The molecule has 0 bridgehead atoms. The van der Waals surface area contributed by atoms with Crippen LogP contribution in [-0.2, 0) is 4.84 Å². The molecule has 1 aliphatic rings. The lowest BCUT2D eigenvalue weighted by molar-refractivity contribution is -0.734. The Labute approximate surface area is 90.7 Å². The summed E-state index contributed by atoms with van der Waals surface area (Å²) in [6.45, 7) is 4.25. The lowest BCUT2D eigenvalue weighted by Crippen LogP contribution is -2.07. The standard InChI is InChI=1S/C11H14NO2P/c1-15(2)11-8-10(12(13)14-11)9-6-4-3-5-7-9/h3-7,11H,8H2,1-2H3. The summed E-state index contributed by atoms with van der Waals surface area (Å²) in [5.41, 5.74) is 1.71. The van der Waals surface area contributed by atoms with Gasteiger partial charge in [-0.1, -0.05) is 26.1 Å². The molecule has 0 N–H and O–H groups in total. The molecule has 1 heterocycles. The van der Waals surface area contributed by atoms with Gasteiger partial charge in [-0.3, -0.25) is 5.21 Å². The largest absolute Gasteiger partial charge is 0.395 e. The van der Waals surface area contributed by atoms with Gasteiger partial charge in [0.05, 0.1) is 12.3 Å². The van der Waals surface area contributed by atoms with Crippen molar-refractivity contribution in [3.63, 3.8) is 0 Å². The van der Waals surface area contributed by atoms with Crippen molar-refractivity contribution in [2.24, 2.45) is 0 Å². The summed E-state index contributed by atoms with van der Waals surface area (Å²) >= 11 is 0. The highest BCUT2D eigenvalue weighted by Gasteiger charge is 2.30. The topological polar surface area (TPSA) is 35.3 Å². The number of benzene rings is 1. The van der Waals surface area contributed by atoms with Crippen LogP contribution in [-0.4, -0.2) is 29.8 Å². The molecule has 15 heavy (non-hydrogen) atoms. The van der Waals surface area contributed by atoms with Gasteiger partial charge in [0.15, 0.2) is 0 Å². The second-order valence-corrected chi connectivity index (χ2v) is 6.30. The van der Waals surface area contributed by atoms with Crippen molar-refractivity contribution in [1.82, 2.24) is 0 Å². The van der Waals surface area contributed by atoms with Gasteiger partial charge in [0.1, 0.15) is 0 Å². The summed E-state index contributed by atoms with van der Waals surface area (Å²) < 4.78 is 0. The highest BCUT2D eigenvalue weighted by Crippen LogP contribution is 2.38. The van der Waals surface area contributed by atoms with Crippen LogP contribution in [0, 0.1) is 5.21 Å². The maximum Gasteiger partial charge on any atom is 0.253 e. The summed E-state index contributed by atoms with van der Waals surface area (Å²) in [7, 11) is -0.230.